The van der Waals surface area contributed by atoms with Crippen LogP contribution >= 0.6 is 11.8 Å². The fraction of sp³-hybridized carbons (Fsp3) is 0.409. The summed E-state index contributed by atoms with van der Waals surface area (Å²) in [5.74, 6) is 0.533. The van der Waals surface area contributed by atoms with Crippen LogP contribution in [0.15, 0.2) is 29.4 Å². The van der Waals surface area contributed by atoms with E-state index in [0.717, 1.165) is 22.5 Å². The molecule has 0 bridgehead atoms. The summed E-state index contributed by atoms with van der Waals surface area (Å²) in [4.78, 5) is 37.4. The van der Waals surface area contributed by atoms with E-state index in [9.17, 15) is 9.59 Å². The summed E-state index contributed by atoms with van der Waals surface area (Å²) in [5.41, 5.74) is 4.16. The lowest BCUT2D eigenvalue weighted by Gasteiger charge is -2.22. The van der Waals surface area contributed by atoms with Crippen molar-refractivity contribution in [1.82, 2.24) is 29.4 Å². The van der Waals surface area contributed by atoms with E-state index in [2.05, 4.69) is 15.1 Å². The summed E-state index contributed by atoms with van der Waals surface area (Å²) in [6.45, 7) is 6.88. The molecule has 0 spiro atoms. The van der Waals surface area contributed by atoms with Crippen LogP contribution in [0, 0.1) is 13.8 Å². The lowest BCUT2D eigenvalue weighted by atomic mass is 10.1. The first-order chi connectivity index (χ1) is 14.7. The number of carbonyl (C=O) groups excluding carboxylic acids is 2. The third-order valence-electron chi connectivity index (χ3n) is 5.26. The molecule has 0 aliphatic rings. The maximum Gasteiger partial charge on any atom is 0.253 e. The molecule has 0 unspecified atom stereocenters. The number of amides is 2. The van der Waals surface area contributed by atoms with E-state index in [1.807, 2.05) is 39.2 Å². The number of fused-ring (bicyclic) bond motifs is 1. The van der Waals surface area contributed by atoms with Gasteiger partial charge in [0.25, 0.3) is 11.7 Å². The lowest BCUT2D eigenvalue weighted by Crippen LogP contribution is -2.32. The number of hydrogen-bond donors (Lipinski definition) is 0. The smallest absolute Gasteiger partial charge is 0.253 e. The number of rotatable bonds is 7. The number of aryl methyl sites for hydroxylation is 2. The fourth-order valence-electron chi connectivity index (χ4n) is 3.40. The summed E-state index contributed by atoms with van der Waals surface area (Å²) >= 11 is 1.46. The monoisotopic (exact) mass is 440 g/mol. The molecule has 2 amide bonds. The highest BCUT2D eigenvalue weighted by atomic mass is 32.2. The van der Waals surface area contributed by atoms with Gasteiger partial charge < -0.3 is 9.80 Å². The van der Waals surface area contributed by atoms with Gasteiger partial charge in [0.2, 0.25) is 11.1 Å². The van der Waals surface area contributed by atoms with Gasteiger partial charge in [0, 0.05) is 49.7 Å². The predicted molar refractivity (Wildman–Crippen MR) is 121 cm³/mol. The molecule has 31 heavy (non-hydrogen) atoms. The topological polar surface area (TPSA) is 83.7 Å². The summed E-state index contributed by atoms with van der Waals surface area (Å²) in [7, 11) is 3.45. The standard InChI is InChI=1S/C22H28N6O2S/c1-7-27(13-16-8-10-17(11-9-16)20(30)26(4)5)19(29)12-18-14(2)23-21-24-22(31-6)25-28(21)15(18)3/h8-11H,7,12-13H2,1-6H3. The number of thioether (sulfide) groups is 1. The summed E-state index contributed by atoms with van der Waals surface area (Å²) in [6, 6.07) is 7.40. The molecule has 2 aromatic heterocycles. The molecule has 3 aromatic rings. The third-order valence-corrected chi connectivity index (χ3v) is 5.79. The molecule has 2 heterocycles. The van der Waals surface area contributed by atoms with E-state index < -0.39 is 0 Å². The minimum Gasteiger partial charge on any atom is -0.345 e. The Kier molecular flexibility index (Phi) is 6.94. The van der Waals surface area contributed by atoms with E-state index in [1.54, 1.807) is 40.5 Å². The lowest BCUT2D eigenvalue weighted by molar-refractivity contribution is -0.130. The highest BCUT2D eigenvalue weighted by Crippen LogP contribution is 2.18. The summed E-state index contributed by atoms with van der Waals surface area (Å²) in [6.07, 6.45) is 2.17. The van der Waals surface area contributed by atoms with Crippen molar-refractivity contribution in [3.05, 3.63) is 52.3 Å². The third kappa shape index (κ3) is 4.87. The van der Waals surface area contributed by atoms with Crippen LogP contribution in [0.2, 0.25) is 0 Å². The Labute approximate surface area is 186 Å². The van der Waals surface area contributed by atoms with Crippen molar-refractivity contribution in [2.24, 2.45) is 0 Å². The van der Waals surface area contributed by atoms with Crippen molar-refractivity contribution in [3.8, 4) is 0 Å². The molecule has 8 nitrogen and oxygen atoms in total. The summed E-state index contributed by atoms with van der Waals surface area (Å²) < 4.78 is 1.71. The molecule has 0 aliphatic heterocycles. The highest BCUT2D eigenvalue weighted by molar-refractivity contribution is 7.98. The predicted octanol–water partition coefficient (Wildman–Crippen LogP) is 2.76. The number of likely N-dealkylation sites (N-methyl/N-ethyl adjacent to an activating group) is 1. The van der Waals surface area contributed by atoms with Crippen LogP contribution in [0.5, 0.6) is 0 Å². The molecule has 0 aliphatic carbocycles. The average Bonchev–Trinajstić information content (AvgIpc) is 3.17. The molecular formula is C22H28N6O2S. The highest BCUT2D eigenvalue weighted by Gasteiger charge is 2.19. The van der Waals surface area contributed by atoms with Crippen LogP contribution in [-0.2, 0) is 17.8 Å². The van der Waals surface area contributed by atoms with Gasteiger partial charge in [0.1, 0.15) is 0 Å². The minimum atomic E-state index is -0.0402. The van der Waals surface area contributed by atoms with Crippen LogP contribution in [0.1, 0.15) is 39.8 Å². The molecule has 9 heteroatoms. The van der Waals surface area contributed by atoms with Crippen molar-refractivity contribution in [3.63, 3.8) is 0 Å². The first-order valence-corrected chi connectivity index (χ1v) is 11.3. The number of hydrogen-bond acceptors (Lipinski definition) is 6. The summed E-state index contributed by atoms with van der Waals surface area (Å²) in [5, 5.41) is 5.11. The number of nitrogens with zero attached hydrogens (tertiary/aromatic N) is 6. The van der Waals surface area contributed by atoms with Gasteiger partial charge in [-0.15, -0.1) is 5.10 Å². The SMILES string of the molecule is CCN(Cc1ccc(C(=O)N(C)C)cc1)C(=O)Cc1c(C)nc2nc(SC)nn2c1C. The zero-order valence-corrected chi connectivity index (χ0v) is 19.7. The van der Waals surface area contributed by atoms with Crippen molar-refractivity contribution < 1.29 is 9.59 Å². The van der Waals surface area contributed by atoms with Gasteiger partial charge >= 0.3 is 0 Å². The van der Waals surface area contributed by atoms with E-state index in [4.69, 9.17) is 0 Å². The maximum atomic E-state index is 13.1. The Balaban J connectivity index is 1.78. The largest absolute Gasteiger partial charge is 0.345 e. The second-order valence-electron chi connectivity index (χ2n) is 7.55. The molecule has 0 fully saturated rings. The average molecular weight is 441 g/mol. The number of carbonyl (C=O) groups is 2. The molecule has 0 saturated carbocycles. The molecule has 0 radical (unpaired) electrons. The van der Waals surface area contributed by atoms with Crippen LogP contribution in [0.25, 0.3) is 5.78 Å². The normalized spacial score (nSPS) is 11.0. The quantitative estimate of drug-likeness (QED) is 0.526. The van der Waals surface area contributed by atoms with Crippen LogP contribution < -0.4 is 0 Å². The van der Waals surface area contributed by atoms with Crippen LogP contribution in [-0.4, -0.2) is 68.1 Å². The Morgan fingerprint density at radius 2 is 1.77 bits per heavy atom. The Morgan fingerprint density at radius 3 is 2.35 bits per heavy atom. The van der Waals surface area contributed by atoms with E-state index >= 15 is 0 Å². The van der Waals surface area contributed by atoms with Crippen molar-refractivity contribution in [1.29, 1.82) is 0 Å². The molecule has 164 valence electrons. The molecule has 1 aromatic carbocycles. The molecular weight excluding hydrogens is 412 g/mol. The van der Waals surface area contributed by atoms with Crippen molar-refractivity contribution in [2.75, 3.05) is 26.9 Å². The van der Waals surface area contributed by atoms with Gasteiger partial charge in [0.15, 0.2) is 0 Å². The number of benzene rings is 1. The molecule has 0 atom stereocenters. The number of aromatic nitrogens is 4. The van der Waals surface area contributed by atoms with Gasteiger partial charge in [-0.2, -0.15) is 4.98 Å². The van der Waals surface area contributed by atoms with Gasteiger partial charge in [-0.1, -0.05) is 23.9 Å². The first-order valence-electron chi connectivity index (χ1n) is 10.1. The zero-order chi connectivity index (χ0) is 22.7. The van der Waals surface area contributed by atoms with Gasteiger partial charge in [-0.25, -0.2) is 9.50 Å². The first kappa shape index (κ1) is 22.7. The second-order valence-corrected chi connectivity index (χ2v) is 8.33. The Bertz CT molecular complexity index is 1110. The van der Waals surface area contributed by atoms with Crippen LogP contribution in [0.3, 0.4) is 0 Å². The van der Waals surface area contributed by atoms with Gasteiger partial charge in [-0.3, -0.25) is 9.59 Å². The maximum absolute atomic E-state index is 13.1. The van der Waals surface area contributed by atoms with E-state index in [-0.39, 0.29) is 18.2 Å². The van der Waals surface area contributed by atoms with Crippen molar-refractivity contribution >= 4 is 29.4 Å². The van der Waals surface area contributed by atoms with Crippen LogP contribution in [0.4, 0.5) is 0 Å². The molecule has 0 N–H and O–H groups in total. The Hall–Kier alpha value is -2.94. The minimum absolute atomic E-state index is 0.0218. The zero-order valence-electron chi connectivity index (χ0n) is 18.8. The van der Waals surface area contributed by atoms with E-state index in [0.29, 0.717) is 29.6 Å². The van der Waals surface area contributed by atoms with Gasteiger partial charge in [0.05, 0.1) is 6.42 Å². The van der Waals surface area contributed by atoms with Gasteiger partial charge in [-0.05, 0) is 44.7 Å². The fourth-order valence-corrected chi connectivity index (χ4v) is 3.74. The Morgan fingerprint density at radius 1 is 1.10 bits per heavy atom. The molecule has 0 saturated heterocycles. The molecule has 3 rings (SSSR count). The van der Waals surface area contributed by atoms with Crippen molar-refractivity contribution in [2.45, 2.75) is 38.9 Å². The second kappa shape index (κ2) is 9.47. The van der Waals surface area contributed by atoms with E-state index in [1.165, 1.54) is 11.8 Å².